The molecule has 1 aromatic heterocycles. The molecule has 0 fully saturated rings. The molecule has 7 nitrogen and oxygen atoms in total. The maximum atomic E-state index is 12.4. The van der Waals surface area contributed by atoms with Crippen LogP contribution >= 0.6 is 0 Å². The summed E-state index contributed by atoms with van der Waals surface area (Å²) >= 11 is 0. The molecule has 0 unspecified atom stereocenters. The standard InChI is InChI=1S/C22H23N5O2/c1-14(23-17-9-5-8-16(13-17)20-24-15(2)25-26-20)7-6-12-27-21(28)18-10-3-4-11-19(18)22(27)29/h3-5,8-11,13-14,23H,6-7,12H2,1-2H3,(H,24,25,26)/t14-/m0/s1. The van der Waals surface area contributed by atoms with Crippen LogP contribution < -0.4 is 5.32 Å². The maximum absolute atomic E-state index is 12.4. The summed E-state index contributed by atoms with van der Waals surface area (Å²) in [4.78, 5) is 30.6. The highest BCUT2D eigenvalue weighted by atomic mass is 16.2. The first-order chi connectivity index (χ1) is 14.0. The lowest BCUT2D eigenvalue weighted by molar-refractivity contribution is 0.0651. The van der Waals surface area contributed by atoms with Gasteiger partial charge in [0, 0.05) is 23.8 Å². The van der Waals surface area contributed by atoms with Crippen LogP contribution in [0.15, 0.2) is 48.5 Å². The number of hydrogen-bond donors (Lipinski definition) is 2. The molecule has 2 heterocycles. The van der Waals surface area contributed by atoms with E-state index in [-0.39, 0.29) is 17.9 Å². The van der Waals surface area contributed by atoms with Crippen molar-refractivity contribution in [3.8, 4) is 11.4 Å². The largest absolute Gasteiger partial charge is 0.383 e. The summed E-state index contributed by atoms with van der Waals surface area (Å²) in [6, 6.07) is 15.1. The van der Waals surface area contributed by atoms with E-state index >= 15 is 0 Å². The van der Waals surface area contributed by atoms with Crippen LogP contribution in [0.5, 0.6) is 0 Å². The van der Waals surface area contributed by atoms with E-state index in [1.165, 1.54) is 4.90 Å². The first-order valence-electron chi connectivity index (χ1n) is 9.74. The van der Waals surface area contributed by atoms with Gasteiger partial charge in [0.15, 0.2) is 5.82 Å². The summed E-state index contributed by atoms with van der Waals surface area (Å²) in [5.74, 6) is 1.06. The van der Waals surface area contributed by atoms with Gasteiger partial charge in [0.05, 0.1) is 11.1 Å². The molecule has 29 heavy (non-hydrogen) atoms. The second-order valence-corrected chi connectivity index (χ2v) is 7.32. The SMILES string of the molecule is Cc1nc(-c2cccc(N[C@@H](C)CCCN3C(=O)c4ccccc4C3=O)c2)n[nH]1. The van der Waals surface area contributed by atoms with Gasteiger partial charge in [-0.15, -0.1) is 0 Å². The number of amides is 2. The zero-order valence-electron chi connectivity index (χ0n) is 16.5. The molecule has 1 aliphatic heterocycles. The van der Waals surface area contributed by atoms with Gasteiger partial charge in [-0.1, -0.05) is 24.3 Å². The number of aromatic nitrogens is 3. The van der Waals surface area contributed by atoms with E-state index in [1.807, 2.05) is 31.2 Å². The van der Waals surface area contributed by atoms with Crippen LogP contribution in [0.1, 0.15) is 46.3 Å². The Kier molecular flexibility index (Phi) is 5.12. The van der Waals surface area contributed by atoms with E-state index in [1.54, 1.807) is 24.3 Å². The number of carbonyl (C=O) groups is 2. The number of imide groups is 1. The van der Waals surface area contributed by atoms with Gasteiger partial charge in [0.25, 0.3) is 11.8 Å². The van der Waals surface area contributed by atoms with Crippen molar-refractivity contribution in [2.45, 2.75) is 32.7 Å². The van der Waals surface area contributed by atoms with Gasteiger partial charge in [-0.05, 0) is 51.0 Å². The van der Waals surface area contributed by atoms with Crippen molar-refractivity contribution in [2.75, 3.05) is 11.9 Å². The number of fused-ring (bicyclic) bond motifs is 1. The van der Waals surface area contributed by atoms with Gasteiger partial charge in [0.2, 0.25) is 0 Å². The monoisotopic (exact) mass is 389 g/mol. The van der Waals surface area contributed by atoms with Gasteiger partial charge < -0.3 is 5.32 Å². The molecule has 148 valence electrons. The third-order valence-electron chi connectivity index (χ3n) is 5.03. The van der Waals surface area contributed by atoms with Crippen LogP contribution in [0.3, 0.4) is 0 Å². The molecule has 4 rings (SSSR count). The van der Waals surface area contributed by atoms with Crippen molar-refractivity contribution in [2.24, 2.45) is 0 Å². The molecular formula is C22H23N5O2. The molecule has 0 aliphatic carbocycles. The molecule has 1 aliphatic rings. The van der Waals surface area contributed by atoms with E-state index in [4.69, 9.17) is 0 Å². The van der Waals surface area contributed by atoms with E-state index in [0.29, 0.717) is 23.5 Å². The number of aryl methyl sites for hydroxylation is 1. The fourth-order valence-corrected chi connectivity index (χ4v) is 3.57. The third-order valence-corrected chi connectivity index (χ3v) is 5.03. The lowest BCUT2D eigenvalue weighted by atomic mass is 10.1. The third kappa shape index (κ3) is 3.89. The minimum absolute atomic E-state index is 0.189. The van der Waals surface area contributed by atoms with E-state index in [0.717, 1.165) is 29.9 Å². The second kappa shape index (κ2) is 7.87. The van der Waals surface area contributed by atoms with Crippen LogP contribution in [0.4, 0.5) is 5.69 Å². The summed E-state index contributed by atoms with van der Waals surface area (Å²) in [5.41, 5.74) is 2.93. The zero-order chi connectivity index (χ0) is 20.4. The number of hydrogen-bond acceptors (Lipinski definition) is 5. The molecule has 2 amide bonds. The molecule has 0 bridgehead atoms. The summed E-state index contributed by atoms with van der Waals surface area (Å²) in [6.07, 6.45) is 1.57. The van der Waals surface area contributed by atoms with Crippen LogP contribution in [-0.2, 0) is 0 Å². The van der Waals surface area contributed by atoms with Crippen molar-refractivity contribution in [1.29, 1.82) is 0 Å². The Morgan fingerprint density at radius 3 is 2.45 bits per heavy atom. The highest BCUT2D eigenvalue weighted by Crippen LogP contribution is 2.23. The summed E-state index contributed by atoms with van der Waals surface area (Å²) in [5, 5.41) is 10.5. The second-order valence-electron chi connectivity index (χ2n) is 7.32. The average molecular weight is 389 g/mol. The number of nitrogens with one attached hydrogen (secondary N) is 2. The predicted molar refractivity (Wildman–Crippen MR) is 111 cm³/mol. The van der Waals surface area contributed by atoms with Crippen LogP contribution in [0, 0.1) is 6.92 Å². The first-order valence-corrected chi connectivity index (χ1v) is 9.74. The predicted octanol–water partition coefficient (Wildman–Crippen LogP) is 3.66. The highest BCUT2D eigenvalue weighted by Gasteiger charge is 2.34. The van der Waals surface area contributed by atoms with Crippen molar-refractivity contribution in [1.82, 2.24) is 20.1 Å². The number of carbonyl (C=O) groups excluding carboxylic acids is 2. The van der Waals surface area contributed by atoms with Gasteiger partial charge in [-0.3, -0.25) is 19.6 Å². The fourth-order valence-electron chi connectivity index (χ4n) is 3.57. The summed E-state index contributed by atoms with van der Waals surface area (Å²) in [6.45, 7) is 4.38. The minimum Gasteiger partial charge on any atom is -0.383 e. The van der Waals surface area contributed by atoms with Crippen LogP contribution in [0.25, 0.3) is 11.4 Å². The summed E-state index contributed by atoms with van der Waals surface area (Å²) in [7, 11) is 0. The normalized spacial score (nSPS) is 14.2. The molecule has 0 radical (unpaired) electrons. The Balaban J connectivity index is 1.32. The topological polar surface area (TPSA) is 91.0 Å². The van der Waals surface area contributed by atoms with E-state index in [9.17, 15) is 9.59 Å². The number of H-pyrrole nitrogens is 1. The molecule has 2 N–H and O–H groups in total. The molecule has 7 heteroatoms. The molecule has 0 saturated carbocycles. The van der Waals surface area contributed by atoms with Crippen LogP contribution in [-0.4, -0.2) is 44.5 Å². The Morgan fingerprint density at radius 1 is 1.07 bits per heavy atom. The summed E-state index contributed by atoms with van der Waals surface area (Å²) < 4.78 is 0. The van der Waals surface area contributed by atoms with Gasteiger partial charge in [0.1, 0.15) is 5.82 Å². The smallest absolute Gasteiger partial charge is 0.261 e. The number of aromatic amines is 1. The minimum atomic E-state index is -0.194. The Bertz CT molecular complexity index is 1020. The Morgan fingerprint density at radius 2 is 1.79 bits per heavy atom. The Labute approximate surface area is 169 Å². The molecular weight excluding hydrogens is 366 g/mol. The van der Waals surface area contributed by atoms with Crippen molar-refractivity contribution in [3.05, 3.63) is 65.5 Å². The lowest BCUT2D eigenvalue weighted by Crippen LogP contribution is -2.31. The first kappa shape index (κ1) is 18.9. The molecule has 3 aromatic rings. The fraction of sp³-hybridized carbons (Fsp3) is 0.273. The van der Waals surface area contributed by atoms with Crippen molar-refractivity contribution < 1.29 is 9.59 Å². The van der Waals surface area contributed by atoms with Crippen molar-refractivity contribution in [3.63, 3.8) is 0 Å². The van der Waals surface area contributed by atoms with Crippen LogP contribution in [0.2, 0.25) is 0 Å². The van der Waals surface area contributed by atoms with E-state index < -0.39 is 0 Å². The number of benzene rings is 2. The molecule has 2 aromatic carbocycles. The quantitative estimate of drug-likeness (QED) is 0.602. The number of anilines is 1. The maximum Gasteiger partial charge on any atom is 0.261 e. The average Bonchev–Trinajstić information content (AvgIpc) is 3.26. The number of rotatable bonds is 7. The number of nitrogens with zero attached hydrogens (tertiary/aromatic N) is 3. The molecule has 0 saturated heterocycles. The van der Waals surface area contributed by atoms with E-state index in [2.05, 4.69) is 27.4 Å². The molecule has 1 atom stereocenters. The van der Waals surface area contributed by atoms with Gasteiger partial charge >= 0.3 is 0 Å². The Hall–Kier alpha value is -3.48. The van der Waals surface area contributed by atoms with Gasteiger partial charge in [-0.25, -0.2) is 4.98 Å². The van der Waals surface area contributed by atoms with Crippen molar-refractivity contribution >= 4 is 17.5 Å². The van der Waals surface area contributed by atoms with Gasteiger partial charge in [-0.2, -0.15) is 5.10 Å². The highest BCUT2D eigenvalue weighted by molar-refractivity contribution is 6.21. The zero-order valence-corrected chi connectivity index (χ0v) is 16.5. The molecule has 0 spiro atoms. The lowest BCUT2D eigenvalue weighted by Gasteiger charge is -2.18.